The zero-order valence-electron chi connectivity index (χ0n) is 22.3. The number of thiocarbonyl (C=S) groups is 1. The van der Waals surface area contributed by atoms with Crippen LogP contribution in [0.4, 0.5) is 15.8 Å². The maximum atomic E-state index is 13.3. The van der Waals surface area contributed by atoms with Gasteiger partial charge in [-0.25, -0.2) is 4.39 Å². The number of hydrogen-bond donors (Lipinski definition) is 2. The summed E-state index contributed by atoms with van der Waals surface area (Å²) in [5, 5.41) is 7.42. The number of carbonyl (C=O) groups is 1. The summed E-state index contributed by atoms with van der Waals surface area (Å²) in [6.07, 6.45) is 4.20. The van der Waals surface area contributed by atoms with Gasteiger partial charge in [-0.15, -0.1) is 0 Å². The van der Waals surface area contributed by atoms with E-state index in [1.165, 1.54) is 29.8 Å². The highest BCUT2D eigenvalue weighted by Crippen LogP contribution is 2.46. The molecule has 2 aliphatic heterocycles. The molecule has 9 heteroatoms. The van der Waals surface area contributed by atoms with E-state index in [-0.39, 0.29) is 35.8 Å². The quantitative estimate of drug-likeness (QED) is 0.334. The summed E-state index contributed by atoms with van der Waals surface area (Å²) in [6, 6.07) is 15.1. The molecule has 1 fully saturated rings. The summed E-state index contributed by atoms with van der Waals surface area (Å²) in [5.41, 5.74) is 5.52. The minimum Gasteiger partial charge on any atom is -0.365 e. The number of allylic oxidation sites excluding steroid dienone is 1. The Labute approximate surface area is 238 Å². The van der Waals surface area contributed by atoms with Crippen LogP contribution in [0.15, 0.2) is 66.9 Å². The molecule has 0 spiro atoms. The number of halogens is 2. The van der Waals surface area contributed by atoms with Gasteiger partial charge in [0, 0.05) is 48.2 Å². The first-order chi connectivity index (χ1) is 18.5. The molecule has 0 bridgehead atoms. The number of likely N-dealkylation sites (N-methyl/N-ethyl adjacent to an activating group) is 1. The second-order valence-electron chi connectivity index (χ2n) is 10.6. The smallest absolute Gasteiger partial charge is 0.226 e. The average Bonchev–Trinajstić information content (AvgIpc) is 3.23. The molecule has 0 unspecified atom stereocenters. The lowest BCUT2D eigenvalue weighted by atomic mass is 9.86. The fraction of sp³-hybridized carbons (Fsp3) is 0.300. The molecule has 0 radical (unpaired) electrons. The third-order valence-corrected chi connectivity index (χ3v) is 8.24. The van der Waals surface area contributed by atoms with E-state index >= 15 is 0 Å². The fourth-order valence-corrected chi connectivity index (χ4v) is 5.98. The van der Waals surface area contributed by atoms with Gasteiger partial charge in [-0.05, 0) is 92.7 Å². The molecule has 1 amide bonds. The molecule has 202 valence electrons. The molecule has 2 aliphatic rings. The van der Waals surface area contributed by atoms with Crippen molar-refractivity contribution in [2.45, 2.75) is 44.8 Å². The molecule has 3 aromatic rings. The standard InChI is InChI=1S/C30H31ClFN5OS/c1-18-17-30(2,3)36(4)25-16-23(31)22(15-21(18)25)28-27(24-7-5-6-13-33-24)35-29(39)37(28)14-12-26(38)34-20-10-8-19(32)9-11-20/h5-11,13,15-17,27-28H,12,14H2,1-4H3,(H,34,38)(H,35,39)/t27-,28-/m0/s1. The first kappa shape index (κ1) is 27.1. The van der Waals surface area contributed by atoms with Gasteiger partial charge in [-0.3, -0.25) is 9.78 Å². The Hall–Kier alpha value is -3.49. The Balaban J connectivity index is 1.48. The van der Waals surface area contributed by atoms with Gasteiger partial charge in [-0.1, -0.05) is 23.7 Å². The van der Waals surface area contributed by atoms with Crippen molar-refractivity contribution in [3.8, 4) is 0 Å². The number of anilines is 2. The maximum absolute atomic E-state index is 13.3. The van der Waals surface area contributed by atoms with Crippen LogP contribution < -0.4 is 15.5 Å². The first-order valence-corrected chi connectivity index (χ1v) is 13.6. The van der Waals surface area contributed by atoms with Gasteiger partial charge in [0.05, 0.1) is 23.3 Å². The summed E-state index contributed by atoms with van der Waals surface area (Å²) in [7, 11) is 2.08. The number of pyridine rings is 1. The molecule has 2 aromatic carbocycles. The number of benzene rings is 2. The predicted molar refractivity (Wildman–Crippen MR) is 159 cm³/mol. The number of nitrogens with one attached hydrogen (secondary N) is 2. The van der Waals surface area contributed by atoms with Crippen molar-refractivity contribution in [1.29, 1.82) is 0 Å². The summed E-state index contributed by atoms with van der Waals surface area (Å²) in [5.74, 6) is -0.546. The molecule has 2 atom stereocenters. The summed E-state index contributed by atoms with van der Waals surface area (Å²) >= 11 is 12.8. The van der Waals surface area contributed by atoms with Crippen LogP contribution in [-0.2, 0) is 4.79 Å². The Morgan fingerprint density at radius 2 is 1.95 bits per heavy atom. The maximum Gasteiger partial charge on any atom is 0.226 e. The van der Waals surface area contributed by atoms with E-state index < -0.39 is 0 Å². The number of nitrogens with zero attached hydrogens (tertiary/aromatic N) is 3. The van der Waals surface area contributed by atoms with E-state index in [9.17, 15) is 9.18 Å². The zero-order chi connectivity index (χ0) is 27.9. The summed E-state index contributed by atoms with van der Waals surface area (Å²) in [4.78, 5) is 21.7. The molecule has 3 heterocycles. The lowest BCUT2D eigenvalue weighted by Crippen LogP contribution is -2.42. The van der Waals surface area contributed by atoms with Crippen LogP contribution in [0.25, 0.3) is 5.57 Å². The van der Waals surface area contributed by atoms with Crippen molar-refractivity contribution in [3.05, 3.63) is 94.5 Å². The molecule has 39 heavy (non-hydrogen) atoms. The van der Waals surface area contributed by atoms with Gasteiger partial charge in [-0.2, -0.15) is 0 Å². The van der Waals surface area contributed by atoms with E-state index in [0.29, 0.717) is 22.4 Å². The highest BCUT2D eigenvalue weighted by molar-refractivity contribution is 7.80. The van der Waals surface area contributed by atoms with E-state index in [1.807, 2.05) is 29.2 Å². The normalized spacial score (nSPS) is 19.8. The number of hydrogen-bond acceptors (Lipinski definition) is 4. The number of carbonyl (C=O) groups excluding carboxylic acids is 1. The van der Waals surface area contributed by atoms with Gasteiger partial charge < -0.3 is 20.4 Å². The molecule has 0 saturated carbocycles. The zero-order valence-corrected chi connectivity index (χ0v) is 23.9. The van der Waals surface area contributed by atoms with E-state index in [4.69, 9.17) is 23.8 Å². The highest BCUT2D eigenvalue weighted by atomic mass is 35.5. The molecule has 6 nitrogen and oxygen atoms in total. The number of fused-ring (bicyclic) bond motifs is 1. The van der Waals surface area contributed by atoms with Crippen LogP contribution in [0.1, 0.15) is 56.1 Å². The monoisotopic (exact) mass is 563 g/mol. The van der Waals surface area contributed by atoms with Crippen molar-refractivity contribution >= 4 is 51.8 Å². The number of amides is 1. The van der Waals surface area contributed by atoms with Crippen molar-refractivity contribution in [2.75, 3.05) is 23.8 Å². The second-order valence-corrected chi connectivity index (χ2v) is 11.3. The summed E-state index contributed by atoms with van der Waals surface area (Å²) in [6.45, 7) is 6.84. The third kappa shape index (κ3) is 5.36. The molecular formula is C30H31ClFN5OS. The molecule has 2 N–H and O–H groups in total. The van der Waals surface area contributed by atoms with Crippen molar-refractivity contribution in [1.82, 2.24) is 15.2 Å². The predicted octanol–water partition coefficient (Wildman–Crippen LogP) is 6.51. The Morgan fingerprint density at radius 3 is 2.64 bits per heavy atom. The van der Waals surface area contributed by atoms with Crippen LogP contribution in [0, 0.1) is 5.82 Å². The molecule has 0 aliphatic carbocycles. The third-order valence-electron chi connectivity index (χ3n) is 7.56. The second kappa shape index (κ2) is 10.6. The minimum atomic E-state index is -0.355. The van der Waals surface area contributed by atoms with Gasteiger partial charge in [0.15, 0.2) is 5.11 Å². The Morgan fingerprint density at radius 1 is 1.21 bits per heavy atom. The average molecular weight is 564 g/mol. The van der Waals surface area contributed by atoms with Gasteiger partial charge in [0.1, 0.15) is 5.82 Å². The molecule has 1 aromatic heterocycles. The highest BCUT2D eigenvalue weighted by Gasteiger charge is 2.41. The SMILES string of the molecule is CC1=CC(C)(C)N(C)c2cc(Cl)c([C@H]3[C@H](c4ccccn4)NC(=S)N3CCC(=O)Nc3ccc(F)cc3)cc21. The Kier molecular flexibility index (Phi) is 7.35. The lowest BCUT2D eigenvalue weighted by molar-refractivity contribution is -0.116. The van der Waals surface area contributed by atoms with Crippen LogP contribution in [0.5, 0.6) is 0 Å². The largest absolute Gasteiger partial charge is 0.365 e. The van der Waals surface area contributed by atoms with E-state index in [0.717, 1.165) is 22.5 Å². The summed E-state index contributed by atoms with van der Waals surface area (Å²) < 4.78 is 13.3. The van der Waals surface area contributed by atoms with Gasteiger partial charge in [0.2, 0.25) is 5.91 Å². The van der Waals surface area contributed by atoms with Crippen LogP contribution in [0.2, 0.25) is 5.02 Å². The fourth-order valence-electron chi connectivity index (χ4n) is 5.38. The van der Waals surface area contributed by atoms with Crippen molar-refractivity contribution < 1.29 is 9.18 Å². The minimum absolute atomic E-state index is 0.140. The lowest BCUT2D eigenvalue weighted by Gasteiger charge is -2.41. The van der Waals surface area contributed by atoms with Crippen molar-refractivity contribution in [2.24, 2.45) is 0 Å². The van der Waals surface area contributed by atoms with Gasteiger partial charge >= 0.3 is 0 Å². The Bertz CT molecular complexity index is 1440. The number of rotatable bonds is 6. The molecular weight excluding hydrogens is 533 g/mol. The first-order valence-electron chi connectivity index (χ1n) is 12.9. The van der Waals surface area contributed by atoms with Crippen LogP contribution >= 0.6 is 23.8 Å². The van der Waals surface area contributed by atoms with Crippen LogP contribution in [-0.4, -0.2) is 40.0 Å². The molecule has 5 rings (SSSR count). The van der Waals surface area contributed by atoms with Crippen molar-refractivity contribution in [3.63, 3.8) is 0 Å². The number of aromatic nitrogens is 1. The van der Waals surface area contributed by atoms with Crippen LogP contribution in [0.3, 0.4) is 0 Å². The van der Waals surface area contributed by atoms with E-state index in [2.05, 4.69) is 60.5 Å². The van der Waals surface area contributed by atoms with E-state index in [1.54, 1.807) is 6.20 Å². The van der Waals surface area contributed by atoms with Gasteiger partial charge in [0.25, 0.3) is 0 Å². The molecule has 1 saturated heterocycles. The topological polar surface area (TPSA) is 60.5 Å².